The number of aliphatic hydroxyl groups is 1. The SMILES string of the molecule is C/C=C/CCNCC(C)(CC)CO. The van der Waals surface area contributed by atoms with Gasteiger partial charge in [0.05, 0.1) is 0 Å². The van der Waals surface area contributed by atoms with Crippen LogP contribution in [0.25, 0.3) is 0 Å². The number of nitrogens with one attached hydrogen (secondary N) is 1. The van der Waals surface area contributed by atoms with Crippen molar-refractivity contribution in [3.05, 3.63) is 12.2 Å². The molecule has 0 spiro atoms. The number of rotatable bonds is 7. The number of aliphatic hydroxyl groups excluding tert-OH is 1. The van der Waals surface area contributed by atoms with Crippen LogP contribution in [0.2, 0.25) is 0 Å². The standard InChI is InChI=1S/C11H23NO/c1-4-6-7-8-12-9-11(3,5-2)10-13/h4,6,12-13H,5,7-10H2,1-3H3/b6-4+. The summed E-state index contributed by atoms with van der Waals surface area (Å²) in [4.78, 5) is 0. The topological polar surface area (TPSA) is 32.3 Å². The molecule has 0 amide bonds. The Morgan fingerprint density at radius 1 is 1.46 bits per heavy atom. The van der Waals surface area contributed by atoms with Crippen LogP contribution < -0.4 is 5.32 Å². The van der Waals surface area contributed by atoms with Gasteiger partial charge in [-0.1, -0.05) is 26.0 Å². The van der Waals surface area contributed by atoms with E-state index in [1.165, 1.54) is 0 Å². The molecule has 0 aromatic carbocycles. The quantitative estimate of drug-likeness (QED) is 0.469. The highest BCUT2D eigenvalue weighted by Crippen LogP contribution is 2.17. The predicted molar refractivity (Wildman–Crippen MR) is 57.8 cm³/mol. The van der Waals surface area contributed by atoms with Crippen molar-refractivity contribution in [1.29, 1.82) is 0 Å². The van der Waals surface area contributed by atoms with Crippen LogP contribution in [-0.4, -0.2) is 24.8 Å². The fourth-order valence-electron chi connectivity index (χ4n) is 1.03. The van der Waals surface area contributed by atoms with Gasteiger partial charge in [-0.15, -0.1) is 0 Å². The molecule has 2 heteroatoms. The molecule has 0 bridgehead atoms. The van der Waals surface area contributed by atoms with E-state index in [9.17, 15) is 0 Å². The maximum absolute atomic E-state index is 9.13. The van der Waals surface area contributed by atoms with E-state index in [0.717, 1.165) is 25.9 Å². The average Bonchev–Trinajstić information content (AvgIpc) is 2.17. The Hall–Kier alpha value is -0.340. The number of hydrogen-bond donors (Lipinski definition) is 2. The molecule has 0 aromatic heterocycles. The normalized spacial score (nSPS) is 16.3. The molecule has 0 aromatic rings. The lowest BCUT2D eigenvalue weighted by Crippen LogP contribution is -2.34. The summed E-state index contributed by atoms with van der Waals surface area (Å²) in [6.07, 6.45) is 6.30. The lowest BCUT2D eigenvalue weighted by molar-refractivity contribution is 0.136. The fraction of sp³-hybridized carbons (Fsp3) is 0.818. The number of hydrogen-bond acceptors (Lipinski definition) is 2. The first-order valence-electron chi connectivity index (χ1n) is 5.11. The van der Waals surface area contributed by atoms with E-state index in [2.05, 4.69) is 31.3 Å². The van der Waals surface area contributed by atoms with Gasteiger partial charge in [-0.3, -0.25) is 0 Å². The molecule has 0 saturated carbocycles. The van der Waals surface area contributed by atoms with Gasteiger partial charge in [-0.25, -0.2) is 0 Å². The van der Waals surface area contributed by atoms with Gasteiger partial charge in [-0.05, 0) is 26.3 Å². The van der Waals surface area contributed by atoms with E-state index in [4.69, 9.17) is 5.11 Å². The van der Waals surface area contributed by atoms with Crippen LogP contribution in [0.4, 0.5) is 0 Å². The minimum absolute atomic E-state index is 0.0515. The van der Waals surface area contributed by atoms with Crippen molar-refractivity contribution in [2.24, 2.45) is 5.41 Å². The maximum atomic E-state index is 9.13. The van der Waals surface area contributed by atoms with Crippen LogP contribution in [0.3, 0.4) is 0 Å². The van der Waals surface area contributed by atoms with E-state index in [-0.39, 0.29) is 12.0 Å². The average molecular weight is 185 g/mol. The molecule has 0 aliphatic carbocycles. The van der Waals surface area contributed by atoms with Crippen LogP contribution >= 0.6 is 0 Å². The minimum Gasteiger partial charge on any atom is -0.396 e. The lowest BCUT2D eigenvalue weighted by Gasteiger charge is -2.25. The third-order valence-corrected chi connectivity index (χ3v) is 2.51. The molecule has 0 heterocycles. The fourth-order valence-corrected chi connectivity index (χ4v) is 1.03. The van der Waals surface area contributed by atoms with Crippen molar-refractivity contribution in [3.8, 4) is 0 Å². The van der Waals surface area contributed by atoms with Gasteiger partial charge in [0.2, 0.25) is 0 Å². The van der Waals surface area contributed by atoms with Crippen molar-refractivity contribution < 1.29 is 5.11 Å². The van der Waals surface area contributed by atoms with Crippen molar-refractivity contribution in [1.82, 2.24) is 5.32 Å². The van der Waals surface area contributed by atoms with Gasteiger partial charge in [0.1, 0.15) is 0 Å². The third kappa shape index (κ3) is 5.83. The minimum atomic E-state index is 0.0515. The zero-order valence-corrected chi connectivity index (χ0v) is 9.14. The second-order valence-corrected chi connectivity index (χ2v) is 3.86. The Morgan fingerprint density at radius 3 is 2.62 bits per heavy atom. The van der Waals surface area contributed by atoms with E-state index >= 15 is 0 Å². The third-order valence-electron chi connectivity index (χ3n) is 2.51. The summed E-state index contributed by atoms with van der Waals surface area (Å²) in [5.41, 5.74) is 0.0515. The molecule has 13 heavy (non-hydrogen) atoms. The van der Waals surface area contributed by atoms with Gasteiger partial charge in [0.25, 0.3) is 0 Å². The van der Waals surface area contributed by atoms with E-state index < -0.39 is 0 Å². The summed E-state index contributed by atoms with van der Waals surface area (Å²) in [5.74, 6) is 0. The second kappa shape index (κ2) is 7.10. The first-order valence-corrected chi connectivity index (χ1v) is 5.11. The van der Waals surface area contributed by atoms with Crippen LogP contribution in [0, 0.1) is 5.41 Å². The van der Waals surface area contributed by atoms with Gasteiger partial charge in [-0.2, -0.15) is 0 Å². The predicted octanol–water partition coefficient (Wildman–Crippen LogP) is 1.95. The highest BCUT2D eigenvalue weighted by Gasteiger charge is 2.19. The molecule has 1 unspecified atom stereocenters. The van der Waals surface area contributed by atoms with Gasteiger partial charge < -0.3 is 10.4 Å². The molecule has 2 nitrogen and oxygen atoms in total. The van der Waals surface area contributed by atoms with Gasteiger partial charge >= 0.3 is 0 Å². The molecular weight excluding hydrogens is 162 g/mol. The molecule has 0 rings (SSSR count). The summed E-state index contributed by atoms with van der Waals surface area (Å²) in [5, 5.41) is 12.5. The molecule has 78 valence electrons. The molecule has 0 radical (unpaired) electrons. The smallest absolute Gasteiger partial charge is 0.0496 e. The molecule has 0 aliphatic rings. The maximum Gasteiger partial charge on any atom is 0.0496 e. The number of allylic oxidation sites excluding steroid dienone is 1. The highest BCUT2D eigenvalue weighted by atomic mass is 16.3. The summed E-state index contributed by atoms with van der Waals surface area (Å²) in [6.45, 7) is 8.42. The zero-order valence-electron chi connectivity index (χ0n) is 9.14. The zero-order chi connectivity index (χ0) is 10.2. The van der Waals surface area contributed by atoms with Crippen LogP contribution in [0.15, 0.2) is 12.2 Å². The van der Waals surface area contributed by atoms with Crippen molar-refractivity contribution >= 4 is 0 Å². The Labute approximate surface area is 82.0 Å². The largest absolute Gasteiger partial charge is 0.396 e. The summed E-state index contributed by atoms with van der Waals surface area (Å²) in [7, 11) is 0. The monoisotopic (exact) mass is 185 g/mol. The summed E-state index contributed by atoms with van der Waals surface area (Å²) >= 11 is 0. The molecular formula is C11H23NO. The molecule has 0 saturated heterocycles. The molecule has 0 aliphatic heterocycles. The Morgan fingerprint density at radius 2 is 2.15 bits per heavy atom. The Balaban J connectivity index is 3.49. The van der Waals surface area contributed by atoms with Crippen molar-refractivity contribution in [3.63, 3.8) is 0 Å². The van der Waals surface area contributed by atoms with E-state index in [1.54, 1.807) is 0 Å². The van der Waals surface area contributed by atoms with Gasteiger partial charge in [0, 0.05) is 18.6 Å². The molecule has 2 N–H and O–H groups in total. The summed E-state index contributed by atoms with van der Waals surface area (Å²) in [6, 6.07) is 0. The highest BCUT2D eigenvalue weighted by molar-refractivity contribution is 4.79. The summed E-state index contributed by atoms with van der Waals surface area (Å²) < 4.78 is 0. The van der Waals surface area contributed by atoms with Gasteiger partial charge in [0.15, 0.2) is 0 Å². The van der Waals surface area contributed by atoms with Crippen molar-refractivity contribution in [2.75, 3.05) is 19.7 Å². The first kappa shape index (κ1) is 12.7. The second-order valence-electron chi connectivity index (χ2n) is 3.86. The van der Waals surface area contributed by atoms with Crippen LogP contribution in [-0.2, 0) is 0 Å². The molecule has 0 fully saturated rings. The Bertz CT molecular complexity index is 139. The van der Waals surface area contributed by atoms with Crippen molar-refractivity contribution in [2.45, 2.75) is 33.6 Å². The van der Waals surface area contributed by atoms with Crippen LogP contribution in [0.5, 0.6) is 0 Å². The lowest BCUT2D eigenvalue weighted by atomic mass is 9.89. The first-order chi connectivity index (χ1) is 6.18. The van der Waals surface area contributed by atoms with E-state index in [0.29, 0.717) is 0 Å². The Kier molecular flexibility index (Phi) is 6.92. The molecule has 1 atom stereocenters. The van der Waals surface area contributed by atoms with Crippen LogP contribution in [0.1, 0.15) is 33.6 Å². The van der Waals surface area contributed by atoms with E-state index in [1.807, 2.05) is 6.92 Å².